The van der Waals surface area contributed by atoms with Gasteiger partial charge in [-0.25, -0.2) is 4.68 Å². The van der Waals surface area contributed by atoms with Gasteiger partial charge in [-0.2, -0.15) is 5.11 Å². The van der Waals surface area contributed by atoms with Crippen LogP contribution in [0.3, 0.4) is 0 Å². The highest BCUT2D eigenvalue weighted by molar-refractivity contribution is 5.42. The number of hydrogen-bond donors (Lipinski definition) is 8. The fourth-order valence-electron chi connectivity index (χ4n) is 4.36. The van der Waals surface area contributed by atoms with E-state index in [2.05, 4.69) is 15.3 Å². The molecule has 0 unspecified atom stereocenters. The monoisotopic (exact) mass is 540 g/mol. The first-order valence-corrected chi connectivity index (χ1v) is 11.9. The number of aromatic amines is 1. The van der Waals surface area contributed by atoms with Crippen LogP contribution in [0.5, 0.6) is 0 Å². The second-order valence-electron chi connectivity index (χ2n) is 9.32. The summed E-state index contributed by atoms with van der Waals surface area (Å²) >= 11 is 0. The van der Waals surface area contributed by atoms with E-state index in [-0.39, 0.29) is 5.69 Å². The Morgan fingerprint density at radius 3 is 2.16 bits per heavy atom. The summed E-state index contributed by atoms with van der Waals surface area (Å²) < 4.78 is 17.4. The Kier molecular flexibility index (Phi) is 8.73. The van der Waals surface area contributed by atoms with Gasteiger partial charge in [-0.3, -0.25) is 9.89 Å². The molecule has 15 nitrogen and oxygen atoms in total. The normalized spacial score (nSPS) is 36.1. The third-order valence-corrected chi connectivity index (χ3v) is 6.60. The lowest BCUT2D eigenvalue weighted by Crippen LogP contribution is -2.64. The first-order valence-electron chi connectivity index (χ1n) is 11.9. The SMILES string of the molecule is Cc1ccc(N=Nc2c(C)[nH]n([C@@H]3O[C@H](CO)[C@@H](O[C@@H]4O[C@H](CO)[C@H](O)[C@H](O)[C@H]4O)[C@H](O)[C@H]3O)c2=O)cc1. The number of nitrogens with zero attached hydrogens (tertiary/aromatic N) is 3. The van der Waals surface area contributed by atoms with Gasteiger partial charge < -0.3 is 50.0 Å². The molecule has 0 bridgehead atoms. The summed E-state index contributed by atoms with van der Waals surface area (Å²) in [6.45, 7) is 2.03. The number of H-pyrrole nitrogens is 1. The minimum atomic E-state index is -1.79. The molecule has 0 spiro atoms. The van der Waals surface area contributed by atoms with Crippen LogP contribution in [0.4, 0.5) is 11.4 Å². The van der Waals surface area contributed by atoms with Crippen LogP contribution in [0.1, 0.15) is 17.5 Å². The number of aliphatic hydroxyl groups is 7. The van der Waals surface area contributed by atoms with Gasteiger partial charge in [-0.1, -0.05) is 17.7 Å². The molecule has 210 valence electrons. The average Bonchev–Trinajstić information content (AvgIpc) is 3.19. The molecule has 10 atom stereocenters. The number of benzene rings is 1. The maximum atomic E-state index is 13.1. The molecule has 2 aliphatic heterocycles. The number of ether oxygens (including phenoxy) is 3. The zero-order valence-corrected chi connectivity index (χ0v) is 20.6. The lowest BCUT2D eigenvalue weighted by atomic mass is 9.96. The molecule has 1 aromatic carbocycles. The second kappa shape index (κ2) is 11.7. The van der Waals surface area contributed by atoms with Crippen LogP contribution in [0.25, 0.3) is 0 Å². The number of aliphatic hydroxyl groups excluding tert-OH is 7. The number of rotatable bonds is 7. The Balaban J connectivity index is 1.54. The number of aromatic nitrogens is 2. The van der Waals surface area contributed by atoms with Crippen molar-refractivity contribution in [2.24, 2.45) is 10.2 Å². The topological polar surface area (TPSA) is 232 Å². The fraction of sp³-hybridized carbons (Fsp3) is 0.609. The van der Waals surface area contributed by atoms with Gasteiger partial charge in [0.05, 0.1) is 24.6 Å². The van der Waals surface area contributed by atoms with E-state index in [0.29, 0.717) is 11.4 Å². The maximum Gasteiger partial charge on any atom is 0.297 e. The Morgan fingerprint density at radius 2 is 1.53 bits per heavy atom. The number of azo groups is 1. The highest BCUT2D eigenvalue weighted by Crippen LogP contribution is 2.33. The minimum Gasteiger partial charge on any atom is -0.394 e. The van der Waals surface area contributed by atoms with Crippen LogP contribution in [0, 0.1) is 13.8 Å². The number of hydrogen-bond acceptors (Lipinski definition) is 13. The quantitative estimate of drug-likeness (QED) is 0.179. The van der Waals surface area contributed by atoms with E-state index in [9.17, 15) is 40.5 Å². The largest absolute Gasteiger partial charge is 0.394 e. The zero-order valence-electron chi connectivity index (χ0n) is 20.6. The molecule has 1 aromatic heterocycles. The van der Waals surface area contributed by atoms with Crippen LogP contribution >= 0.6 is 0 Å². The van der Waals surface area contributed by atoms with E-state index in [1.54, 1.807) is 19.1 Å². The third-order valence-electron chi connectivity index (χ3n) is 6.60. The van der Waals surface area contributed by atoms with Crippen molar-refractivity contribution in [2.45, 2.75) is 75.2 Å². The van der Waals surface area contributed by atoms with Gasteiger partial charge in [0.25, 0.3) is 5.56 Å². The van der Waals surface area contributed by atoms with Crippen LogP contribution < -0.4 is 5.56 Å². The molecule has 38 heavy (non-hydrogen) atoms. The Hall–Kier alpha value is -2.57. The molecular weight excluding hydrogens is 508 g/mol. The highest BCUT2D eigenvalue weighted by atomic mass is 16.7. The minimum absolute atomic E-state index is 0.0592. The Morgan fingerprint density at radius 1 is 0.868 bits per heavy atom. The van der Waals surface area contributed by atoms with Gasteiger partial charge in [-0.15, -0.1) is 5.11 Å². The molecule has 4 rings (SSSR count). The third kappa shape index (κ3) is 5.43. The molecule has 15 heteroatoms. The van der Waals surface area contributed by atoms with Crippen molar-refractivity contribution in [3.8, 4) is 0 Å². The van der Waals surface area contributed by atoms with Crippen LogP contribution in [0.2, 0.25) is 0 Å². The zero-order chi connectivity index (χ0) is 27.7. The number of aryl methyl sites for hydroxylation is 2. The molecule has 3 heterocycles. The van der Waals surface area contributed by atoms with Crippen molar-refractivity contribution in [1.29, 1.82) is 0 Å². The molecule has 2 aromatic rings. The molecular formula is C23H32N4O11. The van der Waals surface area contributed by atoms with Gasteiger partial charge in [0, 0.05) is 0 Å². The van der Waals surface area contributed by atoms with E-state index < -0.39 is 80.1 Å². The summed E-state index contributed by atoms with van der Waals surface area (Å²) in [5.74, 6) is 0. The van der Waals surface area contributed by atoms with Crippen LogP contribution in [-0.2, 0) is 14.2 Å². The van der Waals surface area contributed by atoms with E-state index >= 15 is 0 Å². The molecule has 8 N–H and O–H groups in total. The molecule has 2 fully saturated rings. The first-order chi connectivity index (χ1) is 18.1. The molecule has 0 radical (unpaired) electrons. The van der Waals surface area contributed by atoms with Gasteiger partial charge in [-0.05, 0) is 26.0 Å². The maximum absolute atomic E-state index is 13.1. The van der Waals surface area contributed by atoms with Crippen molar-refractivity contribution in [3.63, 3.8) is 0 Å². The van der Waals surface area contributed by atoms with Crippen LogP contribution in [-0.4, -0.2) is 114 Å². The standard InChI is InChI=1S/C23H32N4O11/c1-9-3-5-11(6-4-9)24-25-14-10(2)26-27(21(14)35)22-18(33)17(32)20(13(8-29)36-22)38-23-19(34)16(31)15(30)12(7-28)37-23/h3-6,12-13,15-20,22-23,26,28-34H,7-8H2,1-2H3/t12-,13-,15+,16+,17-,18-,19-,20-,22-,23+/m1/s1. The lowest BCUT2D eigenvalue weighted by molar-refractivity contribution is -0.347. The first kappa shape index (κ1) is 28.4. The Labute approximate surface area is 216 Å². The van der Waals surface area contributed by atoms with E-state index in [1.807, 2.05) is 19.1 Å². The molecule has 2 saturated heterocycles. The van der Waals surface area contributed by atoms with Crippen molar-refractivity contribution >= 4 is 11.4 Å². The molecule has 0 aliphatic carbocycles. The average molecular weight is 541 g/mol. The Bertz CT molecular complexity index is 1170. The molecule has 2 aliphatic rings. The summed E-state index contributed by atoms with van der Waals surface area (Å²) in [4.78, 5) is 13.1. The van der Waals surface area contributed by atoms with E-state index in [1.165, 1.54) is 0 Å². The summed E-state index contributed by atoms with van der Waals surface area (Å²) in [5, 5.41) is 81.9. The summed E-state index contributed by atoms with van der Waals surface area (Å²) in [5.41, 5.74) is 1.07. The lowest BCUT2D eigenvalue weighted by Gasteiger charge is -2.46. The van der Waals surface area contributed by atoms with Gasteiger partial charge in [0.2, 0.25) is 0 Å². The van der Waals surface area contributed by atoms with Gasteiger partial charge >= 0.3 is 0 Å². The van der Waals surface area contributed by atoms with Crippen molar-refractivity contribution in [1.82, 2.24) is 9.78 Å². The predicted octanol–water partition coefficient (Wildman–Crippen LogP) is -1.99. The van der Waals surface area contributed by atoms with Gasteiger partial charge in [0.15, 0.2) is 18.2 Å². The molecule has 0 saturated carbocycles. The summed E-state index contributed by atoms with van der Waals surface area (Å²) in [6.07, 6.45) is -16.0. The predicted molar refractivity (Wildman–Crippen MR) is 127 cm³/mol. The van der Waals surface area contributed by atoms with E-state index in [0.717, 1.165) is 10.2 Å². The number of nitrogens with one attached hydrogen (secondary N) is 1. The van der Waals surface area contributed by atoms with Crippen molar-refractivity contribution in [2.75, 3.05) is 13.2 Å². The highest BCUT2D eigenvalue weighted by Gasteiger charge is 2.51. The molecule has 0 amide bonds. The summed E-state index contributed by atoms with van der Waals surface area (Å²) in [7, 11) is 0. The van der Waals surface area contributed by atoms with Gasteiger partial charge in [0.1, 0.15) is 48.8 Å². The fourth-order valence-corrected chi connectivity index (χ4v) is 4.36. The van der Waals surface area contributed by atoms with E-state index in [4.69, 9.17) is 14.2 Å². The van der Waals surface area contributed by atoms with Crippen molar-refractivity contribution in [3.05, 3.63) is 45.9 Å². The smallest absolute Gasteiger partial charge is 0.297 e. The summed E-state index contributed by atoms with van der Waals surface area (Å²) in [6, 6.07) is 7.13. The van der Waals surface area contributed by atoms with Crippen molar-refractivity contribution < 1.29 is 50.0 Å². The van der Waals surface area contributed by atoms with Crippen LogP contribution in [0.15, 0.2) is 39.3 Å². The second-order valence-corrected chi connectivity index (χ2v) is 9.32.